The number of aryl methyl sites for hydroxylation is 1. The van der Waals surface area contributed by atoms with Crippen molar-refractivity contribution in [2.24, 2.45) is 0 Å². The van der Waals surface area contributed by atoms with Crippen LogP contribution in [0.2, 0.25) is 0 Å². The Morgan fingerprint density at radius 3 is 3.11 bits per heavy atom. The van der Waals surface area contributed by atoms with Crippen LogP contribution in [0.4, 0.5) is 4.39 Å². The van der Waals surface area contributed by atoms with E-state index in [4.69, 9.17) is 11.2 Å². The Labute approximate surface area is 112 Å². The molecule has 2 rings (SSSR count). The maximum absolute atomic E-state index is 13.2. The highest BCUT2D eigenvalue weighted by Crippen LogP contribution is 2.38. The van der Waals surface area contributed by atoms with Crippen molar-refractivity contribution in [2.75, 3.05) is 13.2 Å². The van der Waals surface area contributed by atoms with Gasteiger partial charge in [0.25, 0.3) is 0 Å². The zero-order valence-electron chi connectivity index (χ0n) is 10.8. The topological polar surface area (TPSA) is 38.3 Å². The zero-order valence-corrected chi connectivity index (χ0v) is 10.8. The minimum Gasteiger partial charge on any atom is -0.464 e. The lowest BCUT2D eigenvalue weighted by Crippen LogP contribution is -2.48. The van der Waals surface area contributed by atoms with E-state index in [0.717, 1.165) is 11.1 Å². The van der Waals surface area contributed by atoms with Gasteiger partial charge in [-0.2, -0.15) is 0 Å². The number of fused-ring (bicyclic) bond motifs is 1. The Morgan fingerprint density at radius 1 is 1.63 bits per heavy atom. The smallest absolute Gasteiger partial charge is 0.331 e. The molecule has 0 radical (unpaired) electrons. The summed E-state index contributed by atoms with van der Waals surface area (Å²) in [6, 6.07) is 4.46. The molecule has 1 aromatic rings. The first-order valence-electron chi connectivity index (χ1n) is 6.28. The van der Waals surface area contributed by atoms with Gasteiger partial charge in [-0.05, 0) is 43.0 Å². The Kier molecular flexibility index (Phi) is 3.87. The third-order valence-electron chi connectivity index (χ3n) is 3.41. The highest BCUT2D eigenvalue weighted by molar-refractivity contribution is 5.84. The molecule has 4 heteroatoms. The van der Waals surface area contributed by atoms with Crippen molar-refractivity contribution in [3.8, 4) is 12.3 Å². The van der Waals surface area contributed by atoms with Gasteiger partial charge in [0.05, 0.1) is 13.2 Å². The summed E-state index contributed by atoms with van der Waals surface area (Å²) < 4.78 is 18.4. The molecule has 0 aliphatic heterocycles. The normalized spacial score (nSPS) is 20.7. The predicted molar refractivity (Wildman–Crippen MR) is 69.9 cm³/mol. The molecular formula is C15H16FNO2. The summed E-state index contributed by atoms with van der Waals surface area (Å²) in [6.07, 6.45) is 6.42. The fourth-order valence-electron chi connectivity index (χ4n) is 2.57. The Hall–Kier alpha value is -1.86. The van der Waals surface area contributed by atoms with Crippen molar-refractivity contribution in [2.45, 2.75) is 25.3 Å². The van der Waals surface area contributed by atoms with Gasteiger partial charge in [-0.15, -0.1) is 6.42 Å². The molecule has 0 aromatic heterocycles. The van der Waals surface area contributed by atoms with Gasteiger partial charge in [0.2, 0.25) is 0 Å². The number of ether oxygens (including phenoxy) is 1. The number of terminal acetylenes is 1. The van der Waals surface area contributed by atoms with E-state index in [1.807, 2.05) is 0 Å². The van der Waals surface area contributed by atoms with Gasteiger partial charge in [0, 0.05) is 0 Å². The second kappa shape index (κ2) is 5.41. The Bertz CT molecular complexity index is 535. The first kappa shape index (κ1) is 13.6. The van der Waals surface area contributed by atoms with Crippen molar-refractivity contribution >= 4 is 5.97 Å². The van der Waals surface area contributed by atoms with Gasteiger partial charge in [-0.25, -0.2) is 9.18 Å². The maximum Gasteiger partial charge on any atom is 0.331 e. The number of halogens is 1. The van der Waals surface area contributed by atoms with Crippen LogP contribution in [-0.2, 0) is 21.5 Å². The average Bonchev–Trinajstić information content (AvgIpc) is 2.76. The van der Waals surface area contributed by atoms with E-state index in [-0.39, 0.29) is 18.3 Å². The molecular weight excluding hydrogens is 245 g/mol. The zero-order chi connectivity index (χ0) is 13.9. The van der Waals surface area contributed by atoms with Crippen LogP contribution in [0.15, 0.2) is 18.2 Å². The molecule has 1 atom stereocenters. The van der Waals surface area contributed by atoms with Crippen molar-refractivity contribution < 1.29 is 13.9 Å². The Balaban J connectivity index is 2.42. The molecule has 0 fully saturated rings. The lowest BCUT2D eigenvalue weighted by atomic mass is 9.91. The second-order valence-corrected chi connectivity index (χ2v) is 4.48. The number of rotatable bonds is 4. The molecule has 1 N–H and O–H groups in total. The number of benzene rings is 1. The molecule has 1 unspecified atom stereocenters. The molecule has 0 spiro atoms. The molecule has 1 aromatic carbocycles. The van der Waals surface area contributed by atoms with Crippen LogP contribution >= 0.6 is 0 Å². The van der Waals surface area contributed by atoms with E-state index < -0.39 is 5.54 Å². The molecule has 0 saturated heterocycles. The fourth-order valence-corrected chi connectivity index (χ4v) is 2.57. The minimum absolute atomic E-state index is 0.260. The van der Waals surface area contributed by atoms with Gasteiger partial charge in [-0.3, -0.25) is 5.32 Å². The third kappa shape index (κ3) is 2.34. The van der Waals surface area contributed by atoms with Gasteiger partial charge in [0.15, 0.2) is 0 Å². The van der Waals surface area contributed by atoms with Crippen LogP contribution in [0.3, 0.4) is 0 Å². The molecule has 1 aliphatic carbocycles. The molecule has 100 valence electrons. The monoisotopic (exact) mass is 261 g/mol. The summed E-state index contributed by atoms with van der Waals surface area (Å²) in [5, 5.41) is 3.07. The van der Waals surface area contributed by atoms with Crippen LogP contribution in [-0.4, -0.2) is 19.1 Å². The summed E-state index contributed by atoms with van der Waals surface area (Å²) in [5.74, 6) is 1.82. The summed E-state index contributed by atoms with van der Waals surface area (Å²) in [4.78, 5) is 12.3. The predicted octanol–water partition coefficient (Wildman–Crippen LogP) is 1.75. The number of hydrogen-bond acceptors (Lipinski definition) is 3. The third-order valence-corrected chi connectivity index (χ3v) is 3.41. The highest BCUT2D eigenvalue weighted by atomic mass is 19.1. The minimum atomic E-state index is -0.939. The van der Waals surface area contributed by atoms with E-state index in [0.29, 0.717) is 19.4 Å². The average molecular weight is 261 g/mol. The van der Waals surface area contributed by atoms with Crippen molar-refractivity contribution in [3.05, 3.63) is 35.1 Å². The SMILES string of the molecule is C#CCNC1(C(=O)OCC)CCc2cc(F)ccc21. The molecule has 3 nitrogen and oxygen atoms in total. The maximum atomic E-state index is 13.2. The molecule has 0 saturated carbocycles. The standard InChI is InChI=1S/C15H16FNO2/c1-3-9-17-15(14(18)19-4-2)8-7-11-10-12(16)5-6-13(11)15/h1,5-6,10,17H,4,7-9H2,2H3. The van der Waals surface area contributed by atoms with Gasteiger partial charge in [-0.1, -0.05) is 12.0 Å². The van der Waals surface area contributed by atoms with E-state index in [9.17, 15) is 9.18 Å². The molecule has 1 aliphatic rings. The summed E-state index contributed by atoms with van der Waals surface area (Å²) >= 11 is 0. The van der Waals surface area contributed by atoms with Crippen LogP contribution in [0, 0.1) is 18.2 Å². The second-order valence-electron chi connectivity index (χ2n) is 4.48. The summed E-state index contributed by atoms with van der Waals surface area (Å²) in [6.45, 7) is 2.32. The summed E-state index contributed by atoms with van der Waals surface area (Å²) in [7, 11) is 0. The number of hydrogen-bond donors (Lipinski definition) is 1. The molecule has 0 heterocycles. The van der Waals surface area contributed by atoms with E-state index in [1.54, 1.807) is 13.0 Å². The number of carbonyl (C=O) groups excluding carboxylic acids is 1. The first-order chi connectivity index (χ1) is 9.14. The fraction of sp³-hybridized carbons (Fsp3) is 0.400. The first-order valence-corrected chi connectivity index (χ1v) is 6.28. The van der Waals surface area contributed by atoms with Crippen molar-refractivity contribution in [1.29, 1.82) is 0 Å². The van der Waals surface area contributed by atoms with Crippen LogP contribution in [0.5, 0.6) is 0 Å². The van der Waals surface area contributed by atoms with Crippen molar-refractivity contribution in [1.82, 2.24) is 5.32 Å². The largest absolute Gasteiger partial charge is 0.464 e. The van der Waals surface area contributed by atoms with Crippen LogP contribution in [0.1, 0.15) is 24.5 Å². The van der Waals surface area contributed by atoms with E-state index in [1.165, 1.54) is 12.1 Å². The summed E-state index contributed by atoms with van der Waals surface area (Å²) in [5.41, 5.74) is 0.658. The van der Waals surface area contributed by atoms with Crippen LogP contribution in [0.25, 0.3) is 0 Å². The highest BCUT2D eigenvalue weighted by Gasteiger charge is 2.46. The van der Waals surface area contributed by atoms with Gasteiger partial charge >= 0.3 is 5.97 Å². The Morgan fingerprint density at radius 2 is 2.42 bits per heavy atom. The number of carbonyl (C=O) groups is 1. The lowest BCUT2D eigenvalue weighted by Gasteiger charge is -2.28. The van der Waals surface area contributed by atoms with E-state index >= 15 is 0 Å². The quantitative estimate of drug-likeness (QED) is 0.663. The molecule has 19 heavy (non-hydrogen) atoms. The van der Waals surface area contributed by atoms with Gasteiger partial charge < -0.3 is 4.74 Å². The number of nitrogens with one attached hydrogen (secondary N) is 1. The van der Waals surface area contributed by atoms with Gasteiger partial charge in [0.1, 0.15) is 11.4 Å². The van der Waals surface area contributed by atoms with E-state index in [2.05, 4.69) is 11.2 Å². The van der Waals surface area contributed by atoms with Crippen LogP contribution < -0.4 is 5.32 Å². The molecule has 0 bridgehead atoms. The number of esters is 1. The van der Waals surface area contributed by atoms with Crippen molar-refractivity contribution in [3.63, 3.8) is 0 Å². The lowest BCUT2D eigenvalue weighted by molar-refractivity contribution is -0.151. The molecule has 0 amide bonds.